The molecule has 25 heavy (non-hydrogen) atoms. The number of H-pyrrole nitrogens is 1. The van der Waals surface area contributed by atoms with Crippen LogP contribution in [0.1, 0.15) is 38.1 Å². The monoisotopic (exact) mass is 336 g/mol. The molecule has 3 atom stereocenters. The van der Waals surface area contributed by atoms with E-state index in [2.05, 4.69) is 26.1 Å². The van der Waals surface area contributed by atoms with Gasteiger partial charge in [0.15, 0.2) is 0 Å². The van der Waals surface area contributed by atoms with Gasteiger partial charge < -0.3 is 10.1 Å². The molecule has 0 aliphatic heterocycles. The fraction of sp³-hybridized carbons (Fsp3) is 0.444. The van der Waals surface area contributed by atoms with Crippen molar-refractivity contribution in [3.05, 3.63) is 31.0 Å². The summed E-state index contributed by atoms with van der Waals surface area (Å²) in [5, 5.41) is 24.8. The first kappa shape index (κ1) is 15.8. The maximum absolute atomic E-state index is 10.3. The van der Waals surface area contributed by atoms with Crippen LogP contribution in [0.25, 0.3) is 22.3 Å². The van der Waals surface area contributed by atoms with Crippen molar-refractivity contribution in [3.63, 3.8) is 0 Å². The highest BCUT2D eigenvalue weighted by atomic mass is 16.3. The molecule has 7 heteroatoms. The summed E-state index contributed by atoms with van der Waals surface area (Å²) in [7, 11) is 0. The largest absolute Gasteiger partial charge is 0.393 e. The molecule has 2 N–H and O–H groups in total. The van der Waals surface area contributed by atoms with Crippen molar-refractivity contribution in [1.29, 1.82) is 5.26 Å². The molecule has 0 saturated heterocycles. The summed E-state index contributed by atoms with van der Waals surface area (Å²) in [6.45, 7) is 0. The molecule has 1 aliphatic carbocycles. The summed E-state index contributed by atoms with van der Waals surface area (Å²) in [5.74, 6) is 0.152. The third-order valence-electron chi connectivity index (χ3n) is 5.15. The first-order valence-corrected chi connectivity index (χ1v) is 8.65. The van der Waals surface area contributed by atoms with Gasteiger partial charge in [-0.1, -0.05) is 6.42 Å². The highest BCUT2D eigenvalue weighted by Gasteiger charge is 2.33. The summed E-state index contributed by atoms with van der Waals surface area (Å²) in [6, 6.07) is 4.21. The minimum Gasteiger partial charge on any atom is -0.393 e. The molecule has 3 heterocycles. The average Bonchev–Trinajstić information content (AvgIpc) is 3.35. The normalized spacial score (nSPS) is 21.4. The molecule has 3 aromatic heterocycles. The van der Waals surface area contributed by atoms with Crippen molar-refractivity contribution < 1.29 is 5.11 Å². The second-order valence-corrected chi connectivity index (χ2v) is 6.60. The Labute approximate surface area is 145 Å². The number of nitrogens with zero attached hydrogens (tertiary/aromatic N) is 5. The van der Waals surface area contributed by atoms with E-state index >= 15 is 0 Å². The molecule has 0 amide bonds. The second kappa shape index (κ2) is 6.65. The fourth-order valence-electron chi connectivity index (χ4n) is 3.92. The third-order valence-corrected chi connectivity index (χ3v) is 5.15. The quantitative estimate of drug-likeness (QED) is 0.745. The molecule has 1 aliphatic rings. The van der Waals surface area contributed by atoms with Gasteiger partial charge in [-0.2, -0.15) is 10.4 Å². The number of aromatic nitrogens is 5. The summed E-state index contributed by atoms with van der Waals surface area (Å²) >= 11 is 0. The summed E-state index contributed by atoms with van der Waals surface area (Å²) < 4.78 is 1.91. The number of nitriles is 1. The van der Waals surface area contributed by atoms with Gasteiger partial charge in [-0.25, -0.2) is 9.97 Å². The fourth-order valence-corrected chi connectivity index (χ4v) is 3.92. The molecular formula is C18H20N6O. The van der Waals surface area contributed by atoms with Crippen molar-refractivity contribution in [3.8, 4) is 17.3 Å². The van der Waals surface area contributed by atoms with E-state index in [0.29, 0.717) is 12.8 Å². The maximum Gasteiger partial charge on any atom is 0.141 e. The zero-order valence-electron chi connectivity index (χ0n) is 13.8. The van der Waals surface area contributed by atoms with Crippen LogP contribution in [0.2, 0.25) is 0 Å². The van der Waals surface area contributed by atoms with E-state index in [9.17, 15) is 5.11 Å². The maximum atomic E-state index is 10.3. The molecular weight excluding hydrogens is 316 g/mol. The summed E-state index contributed by atoms with van der Waals surface area (Å²) in [6.07, 6.45) is 10.8. The first-order valence-electron chi connectivity index (χ1n) is 8.65. The minimum absolute atomic E-state index is 0.0365. The third kappa shape index (κ3) is 2.89. The Morgan fingerprint density at radius 1 is 1.40 bits per heavy atom. The number of hydrogen-bond donors (Lipinski definition) is 2. The van der Waals surface area contributed by atoms with Crippen molar-refractivity contribution >= 4 is 11.0 Å². The van der Waals surface area contributed by atoms with E-state index in [1.165, 1.54) is 0 Å². The number of nitrogens with one attached hydrogen (secondary N) is 1. The first-order chi connectivity index (χ1) is 12.3. The number of aliphatic hydroxyl groups is 1. The summed E-state index contributed by atoms with van der Waals surface area (Å²) in [5.41, 5.74) is 2.55. The van der Waals surface area contributed by atoms with Crippen LogP contribution >= 0.6 is 0 Å². The van der Waals surface area contributed by atoms with Crippen LogP contribution in [0.5, 0.6) is 0 Å². The van der Waals surface area contributed by atoms with Crippen molar-refractivity contribution in [2.75, 3.05) is 0 Å². The number of aliphatic hydroxyl groups excluding tert-OH is 1. The Kier molecular flexibility index (Phi) is 4.20. The van der Waals surface area contributed by atoms with Gasteiger partial charge in [0, 0.05) is 35.7 Å². The van der Waals surface area contributed by atoms with Crippen LogP contribution < -0.4 is 0 Å². The van der Waals surface area contributed by atoms with E-state index in [0.717, 1.165) is 41.6 Å². The minimum atomic E-state index is -0.313. The molecule has 3 unspecified atom stereocenters. The predicted molar refractivity (Wildman–Crippen MR) is 92.3 cm³/mol. The lowest BCUT2D eigenvalue weighted by atomic mass is 9.92. The van der Waals surface area contributed by atoms with Gasteiger partial charge in [0.05, 0.1) is 30.1 Å². The van der Waals surface area contributed by atoms with Gasteiger partial charge in [-0.3, -0.25) is 4.68 Å². The van der Waals surface area contributed by atoms with Gasteiger partial charge in [-0.15, -0.1) is 0 Å². The average molecular weight is 336 g/mol. The number of hydrogen-bond acceptors (Lipinski definition) is 5. The highest BCUT2D eigenvalue weighted by molar-refractivity contribution is 5.89. The van der Waals surface area contributed by atoms with Crippen LogP contribution in [0.15, 0.2) is 31.0 Å². The zero-order chi connectivity index (χ0) is 17.2. The van der Waals surface area contributed by atoms with Crippen LogP contribution in [-0.4, -0.2) is 35.9 Å². The van der Waals surface area contributed by atoms with Crippen molar-refractivity contribution in [1.82, 2.24) is 24.7 Å². The molecule has 0 radical (unpaired) electrons. The van der Waals surface area contributed by atoms with Gasteiger partial charge >= 0.3 is 0 Å². The van der Waals surface area contributed by atoms with Gasteiger partial charge in [-0.05, 0) is 25.3 Å². The molecule has 0 spiro atoms. The van der Waals surface area contributed by atoms with Crippen molar-refractivity contribution in [2.45, 2.75) is 44.2 Å². The molecule has 0 bridgehead atoms. The van der Waals surface area contributed by atoms with Crippen LogP contribution in [0, 0.1) is 17.2 Å². The van der Waals surface area contributed by atoms with Gasteiger partial charge in [0.2, 0.25) is 0 Å². The van der Waals surface area contributed by atoms with Crippen LogP contribution in [0.4, 0.5) is 0 Å². The van der Waals surface area contributed by atoms with Gasteiger partial charge in [0.25, 0.3) is 0 Å². The second-order valence-electron chi connectivity index (χ2n) is 6.60. The standard InChI is InChI=1S/C18H20N6O/c19-7-2-4-15(13-3-1-5-16(13)25)24-10-12(9-23-24)17-14-6-8-20-18(14)22-11-21-17/h6,8-11,13,15-16,25H,1-5H2,(H,20,21,22). The highest BCUT2D eigenvalue weighted by Crippen LogP contribution is 2.37. The number of aromatic amines is 1. The van der Waals surface area contributed by atoms with Crippen LogP contribution in [-0.2, 0) is 0 Å². The molecule has 3 aromatic rings. The smallest absolute Gasteiger partial charge is 0.141 e. The Morgan fingerprint density at radius 2 is 2.32 bits per heavy atom. The lowest BCUT2D eigenvalue weighted by molar-refractivity contribution is 0.0938. The molecule has 0 aromatic carbocycles. The van der Waals surface area contributed by atoms with Crippen molar-refractivity contribution in [2.24, 2.45) is 5.92 Å². The Balaban J connectivity index is 1.68. The zero-order valence-corrected chi connectivity index (χ0v) is 13.8. The van der Waals surface area contributed by atoms with Crippen LogP contribution in [0.3, 0.4) is 0 Å². The topological polar surface area (TPSA) is 103 Å². The summed E-state index contributed by atoms with van der Waals surface area (Å²) in [4.78, 5) is 11.7. The molecule has 128 valence electrons. The predicted octanol–water partition coefficient (Wildman–Crippen LogP) is 2.83. The van der Waals surface area contributed by atoms with E-state index in [4.69, 9.17) is 5.26 Å². The SMILES string of the molecule is N#CCCC(C1CCCC1O)n1cc(-c2ncnc3[nH]ccc23)cn1. The molecule has 4 rings (SSSR count). The molecule has 1 saturated carbocycles. The van der Waals surface area contributed by atoms with E-state index < -0.39 is 0 Å². The van der Waals surface area contributed by atoms with E-state index in [1.807, 2.05) is 23.1 Å². The lowest BCUT2D eigenvalue weighted by Gasteiger charge is -2.26. The number of rotatable bonds is 5. The lowest BCUT2D eigenvalue weighted by Crippen LogP contribution is -2.26. The Morgan fingerprint density at radius 3 is 3.12 bits per heavy atom. The molecule has 1 fully saturated rings. The van der Waals surface area contributed by atoms with E-state index in [-0.39, 0.29) is 18.1 Å². The Bertz CT molecular complexity index is 908. The van der Waals surface area contributed by atoms with Gasteiger partial charge in [0.1, 0.15) is 12.0 Å². The Hall–Kier alpha value is -2.72. The number of fused-ring (bicyclic) bond motifs is 1. The molecule has 7 nitrogen and oxygen atoms in total. The van der Waals surface area contributed by atoms with E-state index in [1.54, 1.807) is 12.5 Å².